The number of rotatable bonds is 13. The second kappa shape index (κ2) is 15.0. The van der Waals surface area contributed by atoms with Crippen molar-refractivity contribution in [3.63, 3.8) is 0 Å². The Morgan fingerprint density at radius 3 is 2.06 bits per heavy atom. The van der Waals surface area contributed by atoms with Gasteiger partial charge in [0.15, 0.2) is 0 Å². The van der Waals surface area contributed by atoms with E-state index in [1.165, 1.54) is 77.3 Å². The quantitative estimate of drug-likeness (QED) is 0.448. The third-order valence-corrected chi connectivity index (χ3v) is 2.96. The summed E-state index contributed by atoms with van der Waals surface area (Å²) in [6, 6.07) is 0. The Kier molecular flexibility index (Phi) is 14.9. The molecule has 0 fully saturated rings. The van der Waals surface area contributed by atoms with E-state index in [2.05, 4.69) is 25.6 Å². The van der Waals surface area contributed by atoms with Crippen LogP contribution >= 0.6 is 0 Å². The zero-order chi connectivity index (χ0) is 11.9. The highest BCUT2D eigenvalue weighted by atomic mass is 14.8. The summed E-state index contributed by atoms with van der Waals surface area (Å²) in [4.78, 5) is 0. The fraction of sp³-hybridized carbons (Fsp3) is 0.933. The normalized spacial score (nSPS) is 10.9. The van der Waals surface area contributed by atoms with Crippen LogP contribution in [0.3, 0.4) is 0 Å². The van der Waals surface area contributed by atoms with Gasteiger partial charge in [0.05, 0.1) is 0 Å². The highest BCUT2D eigenvalue weighted by molar-refractivity contribution is 4.66. The summed E-state index contributed by atoms with van der Waals surface area (Å²) < 4.78 is 0. The standard InChI is InChI=1S/C15H32N/c1-3-5-6-7-8-9-10-11-12-13-15-16-14-4-2/h12,16H,3-11,13-15H2,1-2H3. The van der Waals surface area contributed by atoms with Gasteiger partial charge in [0.2, 0.25) is 0 Å². The number of hydrogen-bond donors (Lipinski definition) is 1. The number of nitrogens with one attached hydrogen (secondary N) is 1. The molecule has 0 aliphatic rings. The van der Waals surface area contributed by atoms with Crippen molar-refractivity contribution in [2.75, 3.05) is 13.1 Å². The minimum Gasteiger partial charge on any atom is -0.317 e. The highest BCUT2D eigenvalue weighted by Crippen LogP contribution is 2.09. The van der Waals surface area contributed by atoms with Gasteiger partial charge in [-0.25, -0.2) is 0 Å². The van der Waals surface area contributed by atoms with Crippen LogP contribution in [0.4, 0.5) is 0 Å². The second-order valence-electron chi connectivity index (χ2n) is 4.74. The molecule has 0 rings (SSSR count). The van der Waals surface area contributed by atoms with Crippen molar-refractivity contribution in [3.8, 4) is 0 Å². The third kappa shape index (κ3) is 14.0. The summed E-state index contributed by atoms with van der Waals surface area (Å²) in [5, 5.41) is 3.43. The number of unbranched alkanes of at least 4 members (excludes halogenated alkanes) is 9. The first-order valence-electron chi connectivity index (χ1n) is 7.44. The molecule has 0 aromatic carbocycles. The smallest absolute Gasteiger partial charge is 0.00462 e. The van der Waals surface area contributed by atoms with Crippen molar-refractivity contribution in [2.45, 2.75) is 78.1 Å². The van der Waals surface area contributed by atoms with E-state index in [-0.39, 0.29) is 0 Å². The molecule has 1 nitrogen and oxygen atoms in total. The van der Waals surface area contributed by atoms with E-state index in [4.69, 9.17) is 0 Å². The minimum atomic E-state index is 1.17. The van der Waals surface area contributed by atoms with Gasteiger partial charge in [-0.2, -0.15) is 0 Å². The van der Waals surface area contributed by atoms with Crippen LogP contribution in [-0.2, 0) is 0 Å². The summed E-state index contributed by atoms with van der Waals surface area (Å²) in [5.41, 5.74) is 0. The molecule has 0 spiro atoms. The van der Waals surface area contributed by atoms with Crippen LogP contribution in [0.1, 0.15) is 78.1 Å². The van der Waals surface area contributed by atoms with Gasteiger partial charge < -0.3 is 5.32 Å². The molecule has 1 radical (unpaired) electrons. The molecule has 0 bridgehead atoms. The van der Waals surface area contributed by atoms with Crippen LogP contribution < -0.4 is 5.32 Å². The third-order valence-electron chi connectivity index (χ3n) is 2.96. The molecular weight excluding hydrogens is 194 g/mol. The Bertz CT molecular complexity index is 98.0. The topological polar surface area (TPSA) is 12.0 Å². The lowest BCUT2D eigenvalue weighted by Gasteiger charge is -2.03. The molecule has 0 aromatic rings. The van der Waals surface area contributed by atoms with Crippen LogP contribution in [-0.4, -0.2) is 13.1 Å². The Morgan fingerprint density at radius 2 is 1.38 bits per heavy atom. The van der Waals surface area contributed by atoms with Crippen molar-refractivity contribution in [1.82, 2.24) is 5.32 Å². The zero-order valence-electron chi connectivity index (χ0n) is 11.6. The Morgan fingerprint density at radius 1 is 0.688 bits per heavy atom. The molecule has 0 saturated carbocycles. The first-order chi connectivity index (χ1) is 7.91. The first kappa shape index (κ1) is 16.0. The molecule has 0 aliphatic carbocycles. The predicted octanol–water partition coefficient (Wildman–Crippen LogP) is 4.72. The van der Waals surface area contributed by atoms with Gasteiger partial charge in [0.25, 0.3) is 0 Å². The maximum atomic E-state index is 3.43. The lowest BCUT2D eigenvalue weighted by Crippen LogP contribution is -2.15. The van der Waals surface area contributed by atoms with Crippen LogP contribution in [0.5, 0.6) is 0 Å². The van der Waals surface area contributed by atoms with Crippen LogP contribution in [0.25, 0.3) is 0 Å². The summed E-state index contributed by atoms with van der Waals surface area (Å²) in [6.07, 6.45) is 16.2. The van der Waals surface area contributed by atoms with Crippen molar-refractivity contribution in [2.24, 2.45) is 0 Å². The monoisotopic (exact) mass is 226 g/mol. The lowest BCUT2D eigenvalue weighted by molar-refractivity contribution is 0.580. The van der Waals surface area contributed by atoms with Crippen molar-refractivity contribution < 1.29 is 0 Å². The summed E-state index contributed by atoms with van der Waals surface area (Å²) in [5.74, 6) is 0. The van der Waals surface area contributed by atoms with E-state index in [1.807, 2.05) is 0 Å². The maximum Gasteiger partial charge on any atom is -0.00462 e. The SMILES string of the molecule is CCCCCCCCC[CH]CCNCCC. The summed E-state index contributed by atoms with van der Waals surface area (Å²) in [6.45, 7) is 6.84. The van der Waals surface area contributed by atoms with Crippen LogP contribution in [0.2, 0.25) is 0 Å². The molecule has 0 saturated heterocycles. The van der Waals surface area contributed by atoms with Gasteiger partial charge >= 0.3 is 0 Å². The molecule has 0 aliphatic heterocycles. The molecule has 0 amide bonds. The van der Waals surface area contributed by atoms with Gasteiger partial charge in [-0.3, -0.25) is 0 Å². The average molecular weight is 226 g/mol. The van der Waals surface area contributed by atoms with E-state index < -0.39 is 0 Å². The largest absolute Gasteiger partial charge is 0.317 e. The minimum absolute atomic E-state index is 1.17. The van der Waals surface area contributed by atoms with E-state index in [0.717, 1.165) is 0 Å². The first-order valence-corrected chi connectivity index (χ1v) is 7.44. The van der Waals surface area contributed by atoms with Gasteiger partial charge in [-0.05, 0) is 32.4 Å². The van der Waals surface area contributed by atoms with Crippen molar-refractivity contribution in [1.29, 1.82) is 0 Å². The van der Waals surface area contributed by atoms with E-state index in [9.17, 15) is 0 Å². The Labute approximate surface area is 103 Å². The molecule has 0 heterocycles. The molecule has 0 unspecified atom stereocenters. The zero-order valence-corrected chi connectivity index (χ0v) is 11.6. The molecule has 0 atom stereocenters. The van der Waals surface area contributed by atoms with Crippen LogP contribution in [0.15, 0.2) is 0 Å². The summed E-state index contributed by atoms with van der Waals surface area (Å²) >= 11 is 0. The van der Waals surface area contributed by atoms with E-state index in [0.29, 0.717) is 0 Å². The van der Waals surface area contributed by atoms with Gasteiger partial charge in [0, 0.05) is 0 Å². The molecule has 97 valence electrons. The lowest BCUT2D eigenvalue weighted by atomic mass is 10.1. The second-order valence-corrected chi connectivity index (χ2v) is 4.74. The number of hydrogen-bond acceptors (Lipinski definition) is 1. The van der Waals surface area contributed by atoms with Gasteiger partial charge in [-0.1, -0.05) is 65.2 Å². The fourth-order valence-corrected chi connectivity index (χ4v) is 1.90. The Balaban J connectivity index is 2.83. The van der Waals surface area contributed by atoms with E-state index in [1.54, 1.807) is 0 Å². The fourth-order valence-electron chi connectivity index (χ4n) is 1.90. The highest BCUT2D eigenvalue weighted by Gasteiger charge is 1.92. The van der Waals surface area contributed by atoms with Crippen molar-refractivity contribution >= 4 is 0 Å². The van der Waals surface area contributed by atoms with Crippen LogP contribution in [0, 0.1) is 6.42 Å². The predicted molar refractivity (Wildman–Crippen MR) is 74.7 cm³/mol. The molecule has 0 aromatic heterocycles. The van der Waals surface area contributed by atoms with Crippen molar-refractivity contribution in [3.05, 3.63) is 6.42 Å². The Hall–Kier alpha value is -0.0400. The van der Waals surface area contributed by atoms with E-state index >= 15 is 0 Å². The van der Waals surface area contributed by atoms with Gasteiger partial charge in [0.1, 0.15) is 0 Å². The van der Waals surface area contributed by atoms with Gasteiger partial charge in [-0.15, -0.1) is 0 Å². The molecule has 16 heavy (non-hydrogen) atoms. The average Bonchev–Trinajstić information content (AvgIpc) is 2.31. The molecular formula is C15H32N. The molecule has 1 heteroatoms. The maximum absolute atomic E-state index is 3.43. The summed E-state index contributed by atoms with van der Waals surface area (Å²) in [7, 11) is 0. The molecule has 1 N–H and O–H groups in total.